The molecule has 4 atom stereocenters. The third kappa shape index (κ3) is 4.74. The van der Waals surface area contributed by atoms with E-state index in [1.807, 2.05) is 0 Å². The van der Waals surface area contributed by atoms with Crippen LogP contribution in [0.1, 0.15) is 66.4 Å². The van der Waals surface area contributed by atoms with E-state index in [4.69, 9.17) is 17.3 Å². The van der Waals surface area contributed by atoms with Crippen LogP contribution in [0.4, 0.5) is 0 Å². The molecule has 41 heavy (non-hydrogen) atoms. The van der Waals surface area contributed by atoms with Crippen LogP contribution < -0.4 is 11.1 Å². The summed E-state index contributed by atoms with van der Waals surface area (Å²) in [6.07, 6.45) is 7.62. The highest BCUT2D eigenvalue weighted by Gasteiger charge is 2.63. The average molecular weight is 588 g/mol. The van der Waals surface area contributed by atoms with Gasteiger partial charge in [-0.1, -0.05) is 43.7 Å². The molecule has 4 aliphatic carbocycles. The maximum atomic E-state index is 13.8. The Morgan fingerprint density at radius 1 is 1.17 bits per heavy atom. The molecule has 4 aliphatic rings. The van der Waals surface area contributed by atoms with E-state index in [0.717, 1.165) is 18.9 Å². The molecule has 1 aromatic carbocycles. The summed E-state index contributed by atoms with van der Waals surface area (Å²) in [5, 5.41) is 48.6. The number of hydrogen-bond donors (Lipinski definition) is 6. The number of benzene rings is 1. The number of aliphatic hydroxyl groups is 3. The Kier molecular flexibility index (Phi) is 7.97. The van der Waals surface area contributed by atoms with Gasteiger partial charge in [0.25, 0.3) is 5.91 Å². The zero-order valence-corrected chi connectivity index (χ0v) is 24.1. The fraction of sp³-hybridized carbons (Fsp3) is 0.567. The van der Waals surface area contributed by atoms with Gasteiger partial charge in [-0.3, -0.25) is 19.3 Å². The van der Waals surface area contributed by atoms with Crippen molar-refractivity contribution in [3.05, 3.63) is 50.4 Å². The summed E-state index contributed by atoms with van der Waals surface area (Å²) in [5.41, 5.74) is 2.68. The van der Waals surface area contributed by atoms with Crippen LogP contribution in [0.3, 0.4) is 0 Å². The number of aromatic hydroxyl groups is 1. The first-order valence-electron chi connectivity index (χ1n) is 14.3. The number of rotatable bonds is 7. The van der Waals surface area contributed by atoms with Crippen molar-refractivity contribution in [1.29, 1.82) is 0 Å². The number of likely N-dealkylation sites (N-methyl/N-ethyl adjacent to an activating group) is 1. The second-order valence-electron chi connectivity index (χ2n) is 12.2. The molecule has 0 radical (unpaired) electrons. The molecule has 7 N–H and O–H groups in total. The quantitative estimate of drug-likeness (QED) is 0.207. The molecule has 0 bridgehead atoms. The van der Waals surface area contributed by atoms with Gasteiger partial charge in [0.1, 0.15) is 22.8 Å². The molecule has 1 saturated carbocycles. The minimum absolute atomic E-state index is 0.0206. The molecule has 5 rings (SSSR count). The van der Waals surface area contributed by atoms with E-state index in [1.165, 1.54) is 43.1 Å². The standard InChI is InChI=1S/C30H38ClN3O7/c1-34(2)24-18-11-15-10-17-21(19(35)12-16(23(17)31)13-33-9-8-14-6-4-3-5-7-14)25(36)20(15)27(38)30(18,41)28(39)22(26(24)37)29(32)40/h12,14-15,18,24,33,35,37-38,41H,3-11,13H2,1-2H3,(H2,32,40)/t15-,18-,24-,30-/m0/s1. The molecular formula is C30H38ClN3O7. The number of phenolic OH excluding ortho intramolecular Hbond substituents is 1. The maximum absolute atomic E-state index is 13.8. The molecule has 0 aliphatic heterocycles. The predicted molar refractivity (Wildman–Crippen MR) is 152 cm³/mol. The van der Waals surface area contributed by atoms with Crippen LogP contribution in [-0.2, 0) is 22.6 Å². The second-order valence-corrected chi connectivity index (χ2v) is 12.5. The first-order chi connectivity index (χ1) is 19.4. The molecule has 0 unspecified atom stereocenters. The molecule has 11 heteroatoms. The van der Waals surface area contributed by atoms with Crippen molar-refractivity contribution in [2.75, 3.05) is 20.6 Å². The fourth-order valence-corrected chi connectivity index (χ4v) is 7.78. The summed E-state index contributed by atoms with van der Waals surface area (Å²) >= 11 is 6.81. The number of ketones is 2. The zero-order valence-electron chi connectivity index (χ0n) is 23.4. The lowest BCUT2D eigenvalue weighted by Crippen LogP contribution is -2.63. The average Bonchev–Trinajstić information content (AvgIpc) is 2.91. The highest BCUT2D eigenvalue weighted by molar-refractivity contribution is 6.33. The monoisotopic (exact) mass is 587 g/mol. The Morgan fingerprint density at radius 3 is 2.49 bits per heavy atom. The molecule has 0 spiro atoms. The van der Waals surface area contributed by atoms with E-state index in [2.05, 4.69) is 5.32 Å². The summed E-state index contributed by atoms with van der Waals surface area (Å²) in [5.74, 6) is -6.07. The molecule has 1 aromatic rings. The summed E-state index contributed by atoms with van der Waals surface area (Å²) in [7, 11) is 3.19. The molecule has 0 saturated heterocycles. The van der Waals surface area contributed by atoms with Gasteiger partial charge in [0.05, 0.1) is 11.6 Å². The number of nitrogens with zero attached hydrogens (tertiary/aromatic N) is 1. The van der Waals surface area contributed by atoms with Crippen molar-refractivity contribution in [3.63, 3.8) is 0 Å². The molecule has 0 heterocycles. The summed E-state index contributed by atoms with van der Waals surface area (Å²) in [6.45, 7) is 1.22. The van der Waals surface area contributed by atoms with Gasteiger partial charge < -0.3 is 31.5 Å². The number of nitrogens with one attached hydrogen (secondary N) is 1. The lowest BCUT2D eigenvalue weighted by Gasteiger charge is -2.50. The number of aliphatic hydroxyl groups excluding tert-OH is 2. The number of Topliss-reactive ketones (excluding diaryl/α,β-unsaturated/α-hetero) is 2. The molecule has 222 valence electrons. The lowest BCUT2D eigenvalue weighted by molar-refractivity contribution is -0.148. The molecule has 10 nitrogen and oxygen atoms in total. The summed E-state index contributed by atoms with van der Waals surface area (Å²) in [4.78, 5) is 40.7. The van der Waals surface area contributed by atoms with E-state index in [9.17, 15) is 34.8 Å². The van der Waals surface area contributed by atoms with E-state index in [1.54, 1.807) is 14.1 Å². The van der Waals surface area contributed by atoms with E-state index in [0.29, 0.717) is 22.7 Å². The topological polar surface area (TPSA) is 173 Å². The van der Waals surface area contributed by atoms with Gasteiger partial charge >= 0.3 is 0 Å². The highest BCUT2D eigenvalue weighted by atomic mass is 35.5. The van der Waals surface area contributed by atoms with Gasteiger partial charge in [-0.25, -0.2) is 0 Å². The van der Waals surface area contributed by atoms with Crippen LogP contribution in [-0.4, -0.2) is 75.1 Å². The first-order valence-corrected chi connectivity index (χ1v) is 14.7. The van der Waals surface area contributed by atoms with E-state index >= 15 is 0 Å². The van der Waals surface area contributed by atoms with Crippen molar-refractivity contribution in [2.45, 2.75) is 69.6 Å². The number of amides is 1. The first kappa shape index (κ1) is 29.6. The molecule has 1 amide bonds. The van der Waals surface area contributed by atoms with Crippen molar-refractivity contribution in [2.24, 2.45) is 23.5 Å². The number of primary amides is 1. The van der Waals surface area contributed by atoms with Gasteiger partial charge in [0.15, 0.2) is 11.4 Å². The van der Waals surface area contributed by atoms with Gasteiger partial charge in [-0.15, -0.1) is 0 Å². The largest absolute Gasteiger partial charge is 0.510 e. The van der Waals surface area contributed by atoms with E-state index in [-0.39, 0.29) is 29.7 Å². The van der Waals surface area contributed by atoms with Gasteiger partial charge in [0.2, 0.25) is 5.78 Å². The van der Waals surface area contributed by atoms with Gasteiger partial charge in [-0.05, 0) is 68.9 Å². The molecule has 0 aromatic heterocycles. The minimum atomic E-state index is -2.66. The number of carbonyl (C=O) groups is 3. The van der Waals surface area contributed by atoms with Crippen molar-refractivity contribution in [3.8, 4) is 5.75 Å². The predicted octanol–water partition coefficient (Wildman–Crippen LogP) is 2.83. The number of halogens is 1. The van der Waals surface area contributed by atoms with Crippen molar-refractivity contribution < 1.29 is 34.8 Å². The Bertz CT molecular complexity index is 1360. The fourth-order valence-electron chi connectivity index (χ4n) is 7.49. The Hall–Kier alpha value is -2.92. The Morgan fingerprint density at radius 2 is 1.85 bits per heavy atom. The van der Waals surface area contributed by atoms with Crippen molar-refractivity contribution >= 4 is 29.1 Å². The molecular weight excluding hydrogens is 550 g/mol. The number of carbonyl (C=O) groups excluding carboxylic acids is 3. The smallest absolute Gasteiger partial charge is 0.255 e. The van der Waals surface area contributed by atoms with Crippen molar-refractivity contribution in [1.82, 2.24) is 10.2 Å². The minimum Gasteiger partial charge on any atom is -0.510 e. The zero-order chi connectivity index (χ0) is 29.8. The summed E-state index contributed by atoms with van der Waals surface area (Å²) in [6, 6.07) is 0.397. The number of hydrogen-bond acceptors (Lipinski definition) is 9. The number of fused-ring (bicyclic) bond motifs is 3. The third-order valence-corrected chi connectivity index (χ3v) is 9.97. The van der Waals surface area contributed by atoms with Crippen LogP contribution in [0.15, 0.2) is 28.7 Å². The van der Waals surface area contributed by atoms with Gasteiger partial charge in [-0.2, -0.15) is 0 Å². The SMILES string of the molecule is CN(C)[C@@H]1C(O)=C(C(N)=O)C(=O)[C@@]2(O)C(O)=C3C(=O)c4c(O)cc(CNCCC5CCCCC5)c(Cl)c4C[C@H]3C[C@@H]12. The van der Waals surface area contributed by atoms with Crippen LogP contribution in [0.5, 0.6) is 5.75 Å². The lowest BCUT2D eigenvalue weighted by atomic mass is 9.58. The maximum Gasteiger partial charge on any atom is 0.255 e. The summed E-state index contributed by atoms with van der Waals surface area (Å²) < 4.78 is 0. The number of nitrogens with two attached hydrogens (primary N) is 1. The van der Waals surface area contributed by atoms with Crippen LogP contribution in [0, 0.1) is 17.8 Å². The molecule has 1 fully saturated rings. The van der Waals surface area contributed by atoms with Crippen LogP contribution >= 0.6 is 11.6 Å². The Balaban J connectivity index is 1.48. The van der Waals surface area contributed by atoms with Crippen LogP contribution in [0.25, 0.3) is 0 Å². The number of phenols is 1. The number of allylic oxidation sites excluding steroid dienone is 1. The highest BCUT2D eigenvalue weighted by Crippen LogP contribution is 2.53. The van der Waals surface area contributed by atoms with E-state index < -0.39 is 58.0 Å². The third-order valence-electron chi connectivity index (χ3n) is 9.50. The second kappa shape index (κ2) is 11.1. The van der Waals surface area contributed by atoms with Gasteiger partial charge in [0, 0.05) is 23.1 Å². The normalized spacial score (nSPS) is 28.6. The Labute approximate surface area is 243 Å². The van der Waals surface area contributed by atoms with Crippen LogP contribution in [0.2, 0.25) is 5.02 Å².